The first-order valence-corrected chi connectivity index (χ1v) is 10.7. The average Bonchev–Trinajstić information content (AvgIpc) is 2.78. The Bertz CT molecular complexity index is 1130. The lowest BCUT2D eigenvalue weighted by Gasteiger charge is -2.28. The Hall–Kier alpha value is -3.44. The molecule has 1 aliphatic rings. The van der Waals surface area contributed by atoms with Gasteiger partial charge in [0.25, 0.3) is 0 Å². The first-order chi connectivity index (χ1) is 15.4. The van der Waals surface area contributed by atoms with E-state index in [9.17, 15) is 10.1 Å². The summed E-state index contributed by atoms with van der Waals surface area (Å²) in [6.07, 6.45) is 0. The number of allylic oxidation sites excluding steroid dienone is 2. The predicted molar refractivity (Wildman–Crippen MR) is 121 cm³/mol. The van der Waals surface area contributed by atoms with Gasteiger partial charge in [-0.05, 0) is 49.7 Å². The van der Waals surface area contributed by atoms with Gasteiger partial charge in [-0.1, -0.05) is 28.1 Å². The molecule has 2 N–H and O–H groups in total. The maximum absolute atomic E-state index is 12.8. The van der Waals surface area contributed by atoms with Gasteiger partial charge in [0.05, 0.1) is 25.2 Å². The van der Waals surface area contributed by atoms with Crippen molar-refractivity contribution in [2.45, 2.75) is 26.4 Å². The number of nitrogens with two attached hydrogens (primary N) is 1. The van der Waals surface area contributed by atoms with Crippen molar-refractivity contribution in [3.63, 3.8) is 0 Å². The van der Waals surface area contributed by atoms with E-state index in [0.717, 1.165) is 15.8 Å². The molecular weight excluding hydrogens is 476 g/mol. The van der Waals surface area contributed by atoms with Gasteiger partial charge in [-0.25, -0.2) is 4.79 Å². The maximum atomic E-state index is 12.8. The molecule has 0 aliphatic carbocycles. The van der Waals surface area contributed by atoms with Crippen molar-refractivity contribution in [2.75, 3.05) is 13.7 Å². The number of esters is 1. The fourth-order valence-electron chi connectivity index (χ4n) is 3.47. The van der Waals surface area contributed by atoms with Crippen LogP contribution in [0.2, 0.25) is 0 Å². The molecule has 32 heavy (non-hydrogen) atoms. The Morgan fingerprint density at radius 2 is 2.06 bits per heavy atom. The summed E-state index contributed by atoms with van der Waals surface area (Å²) in [5.74, 6) is 0.0697. The smallest absolute Gasteiger partial charge is 0.338 e. The topological polar surface area (TPSA) is 104 Å². The van der Waals surface area contributed by atoms with E-state index in [-0.39, 0.29) is 36.0 Å². The van der Waals surface area contributed by atoms with Gasteiger partial charge in [-0.2, -0.15) is 5.26 Å². The summed E-state index contributed by atoms with van der Waals surface area (Å²) >= 11 is 3.47. The van der Waals surface area contributed by atoms with Crippen molar-refractivity contribution in [3.8, 4) is 17.6 Å². The minimum Gasteiger partial charge on any atom is -0.497 e. The van der Waals surface area contributed by atoms with Crippen LogP contribution in [-0.2, 0) is 20.9 Å². The molecule has 3 rings (SSSR count). The van der Waals surface area contributed by atoms with Gasteiger partial charge >= 0.3 is 5.97 Å². The molecule has 0 bridgehead atoms. The van der Waals surface area contributed by atoms with Gasteiger partial charge < -0.3 is 24.7 Å². The Kier molecular flexibility index (Phi) is 7.44. The van der Waals surface area contributed by atoms with Crippen LogP contribution in [0.1, 0.15) is 30.9 Å². The van der Waals surface area contributed by atoms with E-state index >= 15 is 0 Å². The van der Waals surface area contributed by atoms with Gasteiger partial charge in [0.15, 0.2) is 0 Å². The number of hydrogen-bond donors (Lipinski definition) is 1. The number of hydrogen-bond acceptors (Lipinski definition) is 7. The minimum absolute atomic E-state index is 0.0539. The number of carbonyl (C=O) groups excluding carboxylic acids is 1. The molecule has 1 aliphatic heterocycles. The molecule has 1 heterocycles. The van der Waals surface area contributed by atoms with E-state index in [0.29, 0.717) is 11.3 Å². The van der Waals surface area contributed by atoms with E-state index in [4.69, 9.17) is 24.7 Å². The van der Waals surface area contributed by atoms with Crippen LogP contribution in [0.5, 0.6) is 11.5 Å². The molecule has 0 amide bonds. The van der Waals surface area contributed by atoms with E-state index in [1.54, 1.807) is 33.1 Å². The molecule has 1 unspecified atom stereocenters. The largest absolute Gasteiger partial charge is 0.497 e. The van der Waals surface area contributed by atoms with Crippen molar-refractivity contribution in [3.05, 3.63) is 80.9 Å². The van der Waals surface area contributed by atoms with Crippen LogP contribution in [0.3, 0.4) is 0 Å². The van der Waals surface area contributed by atoms with E-state index in [1.807, 2.05) is 30.3 Å². The van der Waals surface area contributed by atoms with Gasteiger partial charge in [-0.15, -0.1) is 0 Å². The van der Waals surface area contributed by atoms with Crippen LogP contribution in [0.4, 0.5) is 0 Å². The summed E-state index contributed by atoms with van der Waals surface area (Å²) in [5.41, 5.74) is 7.83. The molecule has 0 saturated carbocycles. The molecule has 2 aromatic carbocycles. The van der Waals surface area contributed by atoms with E-state index < -0.39 is 11.9 Å². The fourth-order valence-corrected chi connectivity index (χ4v) is 3.84. The number of carbonyl (C=O) groups is 1. The van der Waals surface area contributed by atoms with Gasteiger partial charge in [0, 0.05) is 10.0 Å². The highest BCUT2D eigenvalue weighted by Crippen LogP contribution is 2.44. The monoisotopic (exact) mass is 498 g/mol. The summed E-state index contributed by atoms with van der Waals surface area (Å²) in [7, 11) is 1.60. The van der Waals surface area contributed by atoms with Crippen molar-refractivity contribution >= 4 is 21.9 Å². The van der Waals surface area contributed by atoms with E-state index in [1.165, 1.54) is 0 Å². The highest BCUT2D eigenvalue weighted by Gasteiger charge is 2.38. The number of halogens is 1. The van der Waals surface area contributed by atoms with E-state index in [2.05, 4.69) is 22.0 Å². The molecule has 1 atom stereocenters. The van der Waals surface area contributed by atoms with Crippen LogP contribution in [0.25, 0.3) is 0 Å². The molecule has 0 aromatic heterocycles. The minimum atomic E-state index is -0.800. The molecule has 0 spiro atoms. The van der Waals surface area contributed by atoms with Crippen molar-refractivity contribution in [2.24, 2.45) is 5.73 Å². The zero-order valence-electron chi connectivity index (χ0n) is 18.0. The Morgan fingerprint density at radius 1 is 1.28 bits per heavy atom. The van der Waals surface area contributed by atoms with Gasteiger partial charge in [-0.3, -0.25) is 0 Å². The molecule has 0 radical (unpaired) electrons. The van der Waals surface area contributed by atoms with Crippen LogP contribution in [0, 0.1) is 11.3 Å². The quantitative estimate of drug-likeness (QED) is 0.552. The highest BCUT2D eigenvalue weighted by molar-refractivity contribution is 9.10. The normalized spacial score (nSPS) is 15.7. The lowest BCUT2D eigenvalue weighted by atomic mass is 9.82. The number of rotatable bonds is 7. The van der Waals surface area contributed by atoms with Crippen LogP contribution >= 0.6 is 15.9 Å². The Balaban J connectivity index is 2.06. The third kappa shape index (κ3) is 4.89. The lowest BCUT2D eigenvalue weighted by molar-refractivity contribution is -0.139. The third-order valence-electron chi connectivity index (χ3n) is 4.91. The molecule has 0 fully saturated rings. The fraction of sp³-hybridized carbons (Fsp3) is 0.250. The molecule has 166 valence electrons. The number of benzene rings is 2. The number of ether oxygens (including phenoxy) is 4. The summed E-state index contributed by atoms with van der Waals surface area (Å²) in [5, 5.41) is 9.83. The van der Waals surface area contributed by atoms with Crippen LogP contribution < -0.4 is 15.2 Å². The lowest BCUT2D eigenvalue weighted by Crippen LogP contribution is -2.26. The summed E-state index contributed by atoms with van der Waals surface area (Å²) < 4.78 is 22.9. The van der Waals surface area contributed by atoms with Crippen LogP contribution in [-0.4, -0.2) is 19.7 Å². The van der Waals surface area contributed by atoms with Crippen LogP contribution in [0.15, 0.2) is 69.7 Å². The SMILES string of the molecule is CCOC(=O)C1=C(C)OC(N)=C(C#N)C1c1cc(Br)ccc1OCc1cccc(OC)c1. The highest BCUT2D eigenvalue weighted by atomic mass is 79.9. The second-order valence-electron chi connectivity index (χ2n) is 6.94. The molecule has 7 nitrogen and oxygen atoms in total. The van der Waals surface area contributed by atoms with Gasteiger partial charge in [0.1, 0.15) is 35.5 Å². The molecule has 0 saturated heterocycles. The third-order valence-corrected chi connectivity index (χ3v) is 5.41. The summed E-state index contributed by atoms with van der Waals surface area (Å²) in [6, 6.07) is 15.0. The average molecular weight is 499 g/mol. The molecule has 2 aromatic rings. The molecule has 8 heteroatoms. The number of nitrogens with zero attached hydrogens (tertiary/aromatic N) is 1. The van der Waals surface area contributed by atoms with Crippen molar-refractivity contribution < 1.29 is 23.7 Å². The Labute approximate surface area is 195 Å². The zero-order valence-corrected chi connectivity index (χ0v) is 19.6. The second-order valence-corrected chi connectivity index (χ2v) is 7.85. The van der Waals surface area contributed by atoms with Gasteiger partial charge in [0.2, 0.25) is 5.88 Å². The van der Waals surface area contributed by atoms with Crippen molar-refractivity contribution in [1.29, 1.82) is 5.26 Å². The number of nitriles is 1. The predicted octanol–water partition coefficient (Wildman–Crippen LogP) is 4.68. The maximum Gasteiger partial charge on any atom is 0.338 e. The second kappa shape index (κ2) is 10.2. The molecular formula is C24H23BrN2O5. The standard InChI is InChI=1S/C24H23BrN2O5/c1-4-30-24(28)21-14(2)32-23(27)19(12-26)22(21)18-11-16(25)8-9-20(18)31-13-15-6-5-7-17(10-15)29-3/h5-11,22H,4,13,27H2,1-3H3. The first-order valence-electron chi connectivity index (χ1n) is 9.90. The summed E-state index contributed by atoms with van der Waals surface area (Å²) in [6.45, 7) is 3.77. The Morgan fingerprint density at radius 3 is 2.75 bits per heavy atom. The zero-order chi connectivity index (χ0) is 23.3. The number of methoxy groups -OCH3 is 1. The summed E-state index contributed by atoms with van der Waals surface area (Å²) in [4.78, 5) is 12.8. The van der Waals surface area contributed by atoms with Crippen molar-refractivity contribution in [1.82, 2.24) is 0 Å². The first kappa shape index (κ1) is 23.2.